The Morgan fingerprint density at radius 3 is 1.90 bits per heavy atom. The Labute approximate surface area is 130 Å². The molecule has 2 aromatic rings. The highest BCUT2D eigenvalue weighted by atomic mass is 79.9. The van der Waals surface area contributed by atoms with Crippen molar-refractivity contribution in [2.45, 2.75) is 0 Å². The van der Waals surface area contributed by atoms with Crippen molar-refractivity contribution < 1.29 is 19.1 Å². The predicted molar refractivity (Wildman–Crippen MR) is 82.3 cm³/mol. The van der Waals surface area contributed by atoms with E-state index in [1.807, 2.05) is 24.3 Å². The Hall–Kier alpha value is -2.14. The van der Waals surface area contributed by atoms with Gasteiger partial charge in [-0.1, -0.05) is 34.1 Å². The molecule has 0 bridgehead atoms. The molecule has 2 rings (SSSR count). The van der Waals surface area contributed by atoms with Crippen LogP contribution in [0, 0.1) is 0 Å². The molecule has 108 valence electrons. The minimum absolute atomic E-state index is 0.185. The summed E-state index contributed by atoms with van der Waals surface area (Å²) in [5, 5.41) is 0. The van der Waals surface area contributed by atoms with Gasteiger partial charge in [0.15, 0.2) is 0 Å². The van der Waals surface area contributed by atoms with Gasteiger partial charge in [-0.3, -0.25) is 0 Å². The van der Waals surface area contributed by atoms with Gasteiger partial charge in [0.1, 0.15) is 0 Å². The lowest BCUT2D eigenvalue weighted by atomic mass is 9.99. The summed E-state index contributed by atoms with van der Waals surface area (Å²) < 4.78 is 10.4. The van der Waals surface area contributed by atoms with E-state index in [4.69, 9.17) is 4.74 Å². The molecular formula is C16H13BrO4. The van der Waals surface area contributed by atoms with Crippen molar-refractivity contribution in [2.24, 2.45) is 0 Å². The first kappa shape index (κ1) is 15.3. The summed E-state index contributed by atoms with van der Waals surface area (Å²) in [5.41, 5.74) is 2.12. The van der Waals surface area contributed by atoms with Gasteiger partial charge in [-0.2, -0.15) is 0 Å². The molecule has 0 saturated carbocycles. The molecule has 0 atom stereocenters. The van der Waals surface area contributed by atoms with Crippen LogP contribution in [0.2, 0.25) is 0 Å². The van der Waals surface area contributed by atoms with Gasteiger partial charge in [0.25, 0.3) is 0 Å². The molecule has 0 unspecified atom stereocenters. The molecule has 21 heavy (non-hydrogen) atoms. The van der Waals surface area contributed by atoms with Crippen LogP contribution < -0.4 is 0 Å². The molecule has 4 nitrogen and oxygen atoms in total. The molecule has 0 amide bonds. The van der Waals surface area contributed by atoms with Crippen LogP contribution in [0.15, 0.2) is 46.9 Å². The minimum Gasteiger partial charge on any atom is -0.465 e. The third-order valence-electron chi connectivity index (χ3n) is 3.01. The second-order valence-corrected chi connectivity index (χ2v) is 5.17. The van der Waals surface area contributed by atoms with Crippen LogP contribution >= 0.6 is 15.9 Å². The molecule has 0 aliphatic heterocycles. The normalized spacial score (nSPS) is 10.0. The second kappa shape index (κ2) is 6.54. The minimum atomic E-state index is -0.575. The fourth-order valence-corrected chi connectivity index (χ4v) is 2.20. The van der Waals surface area contributed by atoms with E-state index in [1.165, 1.54) is 14.2 Å². The first-order valence-electron chi connectivity index (χ1n) is 6.13. The lowest BCUT2D eigenvalue weighted by Crippen LogP contribution is -2.11. The molecule has 0 radical (unpaired) electrons. The number of esters is 2. The van der Waals surface area contributed by atoms with Crippen LogP contribution in [0.4, 0.5) is 0 Å². The van der Waals surface area contributed by atoms with Crippen LogP contribution in [0.3, 0.4) is 0 Å². The summed E-state index contributed by atoms with van der Waals surface area (Å²) in [6, 6.07) is 12.6. The monoisotopic (exact) mass is 348 g/mol. The molecule has 5 heteroatoms. The number of carbonyl (C=O) groups excluding carboxylic acids is 2. The van der Waals surface area contributed by atoms with Crippen LogP contribution in [0.25, 0.3) is 11.1 Å². The molecule has 0 fully saturated rings. The highest BCUT2D eigenvalue weighted by Crippen LogP contribution is 2.25. The van der Waals surface area contributed by atoms with Crippen molar-refractivity contribution in [1.29, 1.82) is 0 Å². The topological polar surface area (TPSA) is 52.6 Å². The second-order valence-electron chi connectivity index (χ2n) is 4.25. The Kier molecular flexibility index (Phi) is 4.75. The van der Waals surface area contributed by atoms with Gasteiger partial charge < -0.3 is 9.47 Å². The number of hydrogen-bond acceptors (Lipinski definition) is 4. The first-order chi connectivity index (χ1) is 10.1. The highest BCUT2D eigenvalue weighted by Gasteiger charge is 2.19. The molecule has 0 spiro atoms. The summed E-state index contributed by atoms with van der Waals surface area (Å²) in [5.74, 6) is -1.15. The zero-order valence-corrected chi connectivity index (χ0v) is 13.1. The molecule has 0 aliphatic carbocycles. The van der Waals surface area contributed by atoms with Gasteiger partial charge in [0.2, 0.25) is 0 Å². The Bertz CT molecular complexity index is 677. The summed E-state index contributed by atoms with van der Waals surface area (Å²) in [6.07, 6.45) is 0. The van der Waals surface area contributed by atoms with Gasteiger partial charge in [-0.25, -0.2) is 9.59 Å². The van der Waals surface area contributed by atoms with Crippen molar-refractivity contribution in [3.63, 3.8) is 0 Å². The highest BCUT2D eigenvalue weighted by molar-refractivity contribution is 9.10. The quantitative estimate of drug-likeness (QED) is 0.793. The zero-order valence-electron chi connectivity index (χ0n) is 11.6. The number of ether oxygens (including phenoxy) is 2. The number of rotatable bonds is 3. The Balaban J connectivity index is 2.53. The first-order valence-corrected chi connectivity index (χ1v) is 6.92. The van der Waals surface area contributed by atoms with E-state index in [0.717, 1.165) is 15.6 Å². The number of hydrogen-bond donors (Lipinski definition) is 0. The lowest BCUT2D eigenvalue weighted by Gasteiger charge is -2.09. The van der Waals surface area contributed by atoms with E-state index in [-0.39, 0.29) is 11.1 Å². The van der Waals surface area contributed by atoms with Crippen molar-refractivity contribution in [1.82, 2.24) is 0 Å². The maximum absolute atomic E-state index is 11.9. The molecule has 0 aromatic heterocycles. The molecule has 0 aliphatic rings. The maximum Gasteiger partial charge on any atom is 0.338 e. The van der Waals surface area contributed by atoms with Crippen LogP contribution in [-0.4, -0.2) is 26.2 Å². The molecule has 0 saturated heterocycles. The summed E-state index contributed by atoms with van der Waals surface area (Å²) in [4.78, 5) is 23.6. The van der Waals surface area contributed by atoms with Crippen LogP contribution in [0.1, 0.15) is 20.7 Å². The summed E-state index contributed by atoms with van der Waals surface area (Å²) >= 11 is 3.37. The molecule has 2 aromatic carbocycles. The lowest BCUT2D eigenvalue weighted by molar-refractivity contribution is 0.0555. The zero-order chi connectivity index (χ0) is 15.4. The predicted octanol–water partition coefficient (Wildman–Crippen LogP) is 3.69. The van der Waals surface area contributed by atoms with Gasteiger partial charge in [-0.05, 0) is 35.4 Å². The SMILES string of the molecule is COC(=O)c1ccc(-c2ccc(Br)cc2)cc1C(=O)OC. The maximum atomic E-state index is 11.9. The molecule has 0 N–H and O–H groups in total. The van der Waals surface area contributed by atoms with E-state index >= 15 is 0 Å². The fraction of sp³-hybridized carbons (Fsp3) is 0.125. The average Bonchev–Trinajstić information content (AvgIpc) is 2.53. The van der Waals surface area contributed by atoms with E-state index in [2.05, 4.69) is 20.7 Å². The number of carbonyl (C=O) groups is 2. The van der Waals surface area contributed by atoms with E-state index in [1.54, 1.807) is 18.2 Å². The van der Waals surface area contributed by atoms with E-state index in [0.29, 0.717) is 0 Å². The third-order valence-corrected chi connectivity index (χ3v) is 3.54. The average molecular weight is 349 g/mol. The van der Waals surface area contributed by atoms with Crippen LogP contribution in [0.5, 0.6) is 0 Å². The third kappa shape index (κ3) is 3.31. The van der Waals surface area contributed by atoms with Gasteiger partial charge in [-0.15, -0.1) is 0 Å². The van der Waals surface area contributed by atoms with Crippen molar-refractivity contribution in [3.05, 3.63) is 58.1 Å². The Morgan fingerprint density at radius 2 is 1.33 bits per heavy atom. The summed E-state index contributed by atoms with van der Waals surface area (Å²) in [6.45, 7) is 0. The molecule has 0 heterocycles. The number of halogens is 1. The van der Waals surface area contributed by atoms with Crippen LogP contribution in [-0.2, 0) is 9.47 Å². The summed E-state index contributed by atoms with van der Waals surface area (Å²) in [7, 11) is 2.54. The molecular weight excluding hydrogens is 336 g/mol. The van der Waals surface area contributed by atoms with E-state index in [9.17, 15) is 9.59 Å². The smallest absolute Gasteiger partial charge is 0.338 e. The number of benzene rings is 2. The van der Waals surface area contributed by atoms with Crippen molar-refractivity contribution in [3.8, 4) is 11.1 Å². The standard InChI is InChI=1S/C16H13BrO4/c1-20-15(18)13-8-5-11(9-14(13)16(19)21-2)10-3-6-12(17)7-4-10/h3-9H,1-2H3. The number of methoxy groups -OCH3 is 2. The van der Waals surface area contributed by atoms with E-state index < -0.39 is 11.9 Å². The van der Waals surface area contributed by atoms with Gasteiger partial charge in [0, 0.05) is 4.47 Å². The van der Waals surface area contributed by atoms with Crippen molar-refractivity contribution >= 4 is 27.9 Å². The Morgan fingerprint density at radius 1 is 0.810 bits per heavy atom. The van der Waals surface area contributed by atoms with Gasteiger partial charge in [0.05, 0.1) is 25.3 Å². The fourth-order valence-electron chi connectivity index (χ4n) is 1.93. The van der Waals surface area contributed by atoms with Crippen molar-refractivity contribution in [2.75, 3.05) is 14.2 Å². The largest absolute Gasteiger partial charge is 0.465 e. The van der Waals surface area contributed by atoms with Gasteiger partial charge >= 0.3 is 11.9 Å².